The summed E-state index contributed by atoms with van der Waals surface area (Å²) in [6, 6.07) is 132. The fourth-order valence-corrected chi connectivity index (χ4v) is 16.7. The van der Waals surface area contributed by atoms with E-state index in [9.17, 15) is 0 Å². The van der Waals surface area contributed by atoms with Crippen molar-refractivity contribution >= 4 is 56.5 Å². The van der Waals surface area contributed by atoms with Gasteiger partial charge in [-0.15, -0.1) is 0 Å². The summed E-state index contributed by atoms with van der Waals surface area (Å²) in [5.74, 6) is 0. The van der Waals surface area contributed by atoms with E-state index < -0.39 is 10.8 Å². The molecule has 0 aliphatic heterocycles. The number of nitrogens with zero attached hydrogens (tertiary/aromatic N) is 8. The first kappa shape index (κ1) is 60.2. The molecule has 488 valence electrons. The van der Waals surface area contributed by atoms with Crippen molar-refractivity contribution in [3.8, 4) is 67.3 Å². The quantitative estimate of drug-likeness (QED) is 0.108. The Hall–Kier alpha value is -13.8. The first-order valence-corrected chi connectivity index (χ1v) is 35.4. The van der Waals surface area contributed by atoms with Crippen molar-refractivity contribution in [3.05, 3.63) is 433 Å². The second kappa shape index (κ2) is 24.5. The number of aromatic nitrogens is 6. The maximum atomic E-state index is 5.75. The lowest BCUT2D eigenvalue weighted by molar-refractivity contribution is 0.768. The van der Waals surface area contributed by atoms with Crippen molar-refractivity contribution in [1.82, 2.24) is 28.7 Å². The third-order valence-electron chi connectivity index (χ3n) is 21.3. The van der Waals surface area contributed by atoms with E-state index in [1.54, 1.807) is 0 Å². The number of hydrogen-bond acceptors (Lipinski definition) is 6. The normalized spacial score (nSPS) is 13.0. The molecule has 8 heteroatoms. The Balaban J connectivity index is 0.754. The van der Waals surface area contributed by atoms with Gasteiger partial charge in [0, 0.05) is 81.2 Å². The minimum atomic E-state index is -0.780. The summed E-state index contributed by atoms with van der Waals surface area (Å²) in [5.41, 5.74) is 29.7. The molecule has 0 radical (unpaired) electrons. The zero-order chi connectivity index (χ0) is 68.7. The third kappa shape index (κ3) is 9.68. The summed E-state index contributed by atoms with van der Waals surface area (Å²) >= 11 is 0. The molecule has 13 aromatic carbocycles. The fraction of sp³-hybridized carbons (Fsp3) is 0.0208. The molecule has 0 atom stereocenters. The van der Waals surface area contributed by atoms with Crippen LogP contribution in [0.1, 0.15) is 44.5 Å². The van der Waals surface area contributed by atoms with Crippen molar-refractivity contribution in [1.29, 1.82) is 0 Å². The van der Waals surface area contributed by atoms with Crippen LogP contribution in [0.4, 0.5) is 34.1 Å². The highest BCUT2D eigenvalue weighted by Gasteiger charge is 2.49. The van der Waals surface area contributed by atoms with E-state index in [1.165, 1.54) is 33.4 Å². The number of rotatable bonds is 14. The lowest BCUT2D eigenvalue weighted by Crippen LogP contribution is -2.29. The molecule has 18 aromatic rings. The van der Waals surface area contributed by atoms with Crippen LogP contribution in [0.5, 0.6) is 0 Å². The smallest absolute Gasteiger partial charge is 0.137 e. The summed E-state index contributed by atoms with van der Waals surface area (Å²) in [4.78, 5) is 26.2. The van der Waals surface area contributed by atoms with Crippen LogP contribution in [-0.2, 0) is 10.8 Å². The highest BCUT2D eigenvalue weighted by atomic mass is 15.1. The molecule has 0 unspecified atom stereocenters. The molecule has 0 spiro atoms. The van der Waals surface area contributed by atoms with Crippen LogP contribution >= 0.6 is 0 Å². The summed E-state index contributed by atoms with van der Waals surface area (Å²) in [6.45, 7) is 0. The van der Waals surface area contributed by atoms with Gasteiger partial charge in [0.15, 0.2) is 0 Å². The Morgan fingerprint density at radius 3 is 0.875 bits per heavy atom. The van der Waals surface area contributed by atoms with Gasteiger partial charge in [-0.25, -0.2) is 19.9 Å². The molecule has 0 saturated heterocycles. The van der Waals surface area contributed by atoms with Crippen LogP contribution in [0.15, 0.2) is 389 Å². The largest absolute Gasteiger partial charge is 0.310 e. The molecule has 2 aliphatic carbocycles. The zero-order valence-corrected chi connectivity index (χ0v) is 56.5. The molecule has 0 fully saturated rings. The summed E-state index contributed by atoms with van der Waals surface area (Å²) in [6.07, 6.45) is 8.28. The van der Waals surface area contributed by atoms with E-state index in [4.69, 9.17) is 19.9 Å². The number of anilines is 6. The van der Waals surface area contributed by atoms with Crippen molar-refractivity contribution in [2.45, 2.75) is 10.8 Å². The van der Waals surface area contributed by atoms with Gasteiger partial charge >= 0.3 is 0 Å². The Bertz CT molecular complexity index is 5750. The minimum absolute atomic E-state index is 0.780. The van der Waals surface area contributed by atoms with Gasteiger partial charge in [-0.2, -0.15) is 0 Å². The Kier molecular flexibility index (Phi) is 14.2. The second-order valence-corrected chi connectivity index (χ2v) is 27.0. The van der Waals surface area contributed by atoms with E-state index in [1.807, 2.05) is 48.8 Å². The van der Waals surface area contributed by atoms with Crippen LogP contribution in [-0.4, -0.2) is 28.7 Å². The SMILES string of the molecule is c1ccc(N(c2ccc(-c3cn4ccccc4n3)cc2)c2ccc3c(c2)C(c2ccccc2)(c2ccccc2)c2cc(-c4nc5ccccc5nc4-c4ccc5c(c4)C(c4ccccc4)(c4ccccc4)c4cc(N(c6ccccc6)c6ccc(-c7cn8ccccc8n7)cc6)ccc4-5)ccc2-3)cc1. The van der Waals surface area contributed by atoms with E-state index >= 15 is 0 Å². The molecule has 0 bridgehead atoms. The highest BCUT2D eigenvalue weighted by Crippen LogP contribution is 2.61. The number of pyridine rings is 2. The van der Waals surface area contributed by atoms with Gasteiger partial charge < -0.3 is 18.6 Å². The van der Waals surface area contributed by atoms with Gasteiger partial charge in [0.1, 0.15) is 11.3 Å². The fourth-order valence-electron chi connectivity index (χ4n) is 16.7. The minimum Gasteiger partial charge on any atom is -0.310 e. The summed E-state index contributed by atoms with van der Waals surface area (Å²) in [7, 11) is 0. The summed E-state index contributed by atoms with van der Waals surface area (Å²) in [5, 5.41) is 0. The van der Waals surface area contributed by atoms with Crippen molar-refractivity contribution in [2.24, 2.45) is 0 Å². The van der Waals surface area contributed by atoms with E-state index in [0.29, 0.717) is 0 Å². The Morgan fingerprint density at radius 2 is 0.519 bits per heavy atom. The van der Waals surface area contributed by atoms with Gasteiger partial charge in [-0.1, -0.05) is 243 Å². The number of fused-ring (bicyclic) bond motifs is 9. The number of hydrogen-bond donors (Lipinski definition) is 0. The second-order valence-electron chi connectivity index (χ2n) is 27.0. The van der Waals surface area contributed by atoms with Gasteiger partial charge in [-0.05, 0) is 188 Å². The topological polar surface area (TPSA) is 66.9 Å². The van der Waals surface area contributed by atoms with Crippen LogP contribution in [0, 0.1) is 0 Å². The van der Waals surface area contributed by atoms with Gasteiger partial charge in [0.2, 0.25) is 0 Å². The molecule has 2 aliphatic rings. The molecule has 104 heavy (non-hydrogen) atoms. The highest BCUT2D eigenvalue weighted by molar-refractivity contribution is 5.96. The molecule has 20 rings (SSSR count). The number of benzene rings is 13. The maximum Gasteiger partial charge on any atom is 0.137 e. The molecular weight excluding hydrogens is 1270 g/mol. The molecular formula is C96H64N8. The Morgan fingerprint density at radius 1 is 0.231 bits per heavy atom. The molecule has 0 N–H and O–H groups in total. The molecule has 8 nitrogen and oxygen atoms in total. The number of imidazole rings is 2. The maximum absolute atomic E-state index is 5.75. The van der Waals surface area contributed by atoms with Crippen LogP contribution in [0.3, 0.4) is 0 Å². The van der Waals surface area contributed by atoms with Gasteiger partial charge in [0.25, 0.3) is 0 Å². The van der Waals surface area contributed by atoms with E-state index in [-0.39, 0.29) is 0 Å². The standard InChI is InChI=1S/C96H64N8/c1-7-25-69(26-8-1)95(70-27-9-2-10-28-70)83-59-67(45-53-79(83)81-55-51-77(61-85(81)95)103(73-33-15-5-16-34-73)75-47-41-65(42-48-75)89-63-101-57-23-21-39-91(101)97-89)93-94(100-88-38-20-19-37-87(88)99-93)68-46-54-80-82-56-52-78(62-86(82)96(84(80)60-68,71-29-11-3-12-30-71)72-31-13-4-14-32-72)104(74-35-17-6-18-36-74)76-49-43-66(44-50-76)90-64-102-58-24-22-40-92(102)98-90/h1-64H. The van der Waals surface area contributed by atoms with Gasteiger partial charge in [-0.3, -0.25) is 0 Å². The molecule has 0 amide bonds. The summed E-state index contributed by atoms with van der Waals surface area (Å²) < 4.78 is 4.14. The third-order valence-corrected chi connectivity index (χ3v) is 21.3. The molecule has 5 heterocycles. The number of para-hydroxylation sites is 4. The van der Waals surface area contributed by atoms with Crippen LogP contribution in [0.25, 0.3) is 89.6 Å². The van der Waals surface area contributed by atoms with Crippen molar-refractivity contribution in [3.63, 3.8) is 0 Å². The van der Waals surface area contributed by atoms with E-state index in [0.717, 1.165) is 135 Å². The van der Waals surface area contributed by atoms with Crippen LogP contribution < -0.4 is 9.80 Å². The van der Waals surface area contributed by atoms with Gasteiger partial charge in [0.05, 0.1) is 44.6 Å². The zero-order valence-electron chi connectivity index (χ0n) is 56.5. The van der Waals surface area contributed by atoms with E-state index in [2.05, 4.69) is 359 Å². The average Bonchev–Trinajstić information content (AvgIpc) is 1.53. The molecule has 0 saturated carbocycles. The monoisotopic (exact) mass is 1330 g/mol. The predicted octanol–water partition coefficient (Wildman–Crippen LogP) is 23.3. The first-order valence-electron chi connectivity index (χ1n) is 35.4. The van der Waals surface area contributed by atoms with Crippen LogP contribution in [0.2, 0.25) is 0 Å². The molecule has 5 aromatic heterocycles. The Labute approximate surface area is 602 Å². The van der Waals surface area contributed by atoms with Crippen molar-refractivity contribution < 1.29 is 0 Å². The average molecular weight is 1330 g/mol. The lowest BCUT2D eigenvalue weighted by atomic mass is 9.67. The first-order chi connectivity index (χ1) is 51.5. The lowest BCUT2D eigenvalue weighted by Gasteiger charge is -2.35. The predicted molar refractivity (Wildman–Crippen MR) is 423 cm³/mol. The van der Waals surface area contributed by atoms with Crippen molar-refractivity contribution in [2.75, 3.05) is 9.80 Å².